The van der Waals surface area contributed by atoms with Gasteiger partial charge in [0.25, 0.3) is 0 Å². The number of alkyl halides is 3. The maximum absolute atomic E-state index is 11.6. The molecule has 0 aromatic carbocycles. The van der Waals surface area contributed by atoms with Crippen molar-refractivity contribution in [2.75, 3.05) is 12.4 Å². The summed E-state index contributed by atoms with van der Waals surface area (Å²) in [7, 11) is 0. The summed E-state index contributed by atoms with van der Waals surface area (Å²) in [4.78, 5) is 10.9. The van der Waals surface area contributed by atoms with Crippen LogP contribution >= 0.6 is 23.9 Å². The molecule has 3 nitrogen and oxygen atoms in total. The molecule has 0 aromatic rings. The predicted octanol–water partition coefficient (Wildman–Crippen LogP) is 3.69. The Bertz CT molecular complexity index is 246. The first-order valence-corrected chi connectivity index (χ1v) is 5.94. The van der Waals surface area contributed by atoms with Crippen LogP contribution in [0.1, 0.15) is 13.3 Å². The molecule has 0 aliphatic carbocycles. The minimum absolute atomic E-state index is 0.158. The molecule has 94 valence electrons. The van der Waals surface area contributed by atoms with Crippen LogP contribution in [0.5, 0.6) is 0 Å². The van der Waals surface area contributed by atoms with E-state index in [4.69, 9.17) is 4.74 Å². The van der Waals surface area contributed by atoms with Gasteiger partial charge in [-0.2, -0.15) is 25.1 Å². The molecule has 0 aromatic heterocycles. The molecule has 0 heterocycles. The number of hydrogen-bond donors (Lipinski definition) is 0. The molecular formula is C8H11F3NO2S2-. The summed E-state index contributed by atoms with van der Waals surface area (Å²) in [5.74, 6) is -0.126. The molecule has 0 unspecified atom stereocenters. The second-order valence-corrected chi connectivity index (χ2v) is 4.62. The van der Waals surface area contributed by atoms with E-state index in [1.54, 1.807) is 0 Å². The van der Waals surface area contributed by atoms with Crippen molar-refractivity contribution in [3.8, 4) is 0 Å². The Kier molecular flexibility index (Phi) is 7.69. The largest absolute Gasteiger partial charge is 0.543 e. The van der Waals surface area contributed by atoms with E-state index in [0.29, 0.717) is 17.7 Å². The molecule has 8 heteroatoms. The Morgan fingerprint density at radius 1 is 1.50 bits per heavy atom. The third-order valence-corrected chi connectivity index (χ3v) is 2.55. The lowest BCUT2D eigenvalue weighted by atomic mass is 10.4. The third-order valence-electron chi connectivity index (χ3n) is 1.16. The number of ether oxygens (including phenoxy) is 1. The van der Waals surface area contributed by atoms with E-state index in [-0.39, 0.29) is 6.61 Å². The summed E-state index contributed by atoms with van der Waals surface area (Å²) < 4.78 is 42.7. The summed E-state index contributed by atoms with van der Waals surface area (Å²) in [6, 6.07) is 0. The van der Waals surface area contributed by atoms with Gasteiger partial charge in [-0.25, -0.2) is 4.79 Å². The third kappa shape index (κ3) is 10.2. The van der Waals surface area contributed by atoms with Gasteiger partial charge in [0, 0.05) is 5.57 Å². The van der Waals surface area contributed by atoms with Crippen LogP contribution in [-0.2, 0) is 9.53 Å². The minimum Gasteiger partial charge on any atom is -0.543 e. The van der Waals surface area contributed by atoms with Gasteiger partial charge in [0.2, 0.25) is 0 Å². The Hall–Kier alpha value is -0.340. The quantitative estimate of drug-likeness (QED) is 0.307. The van der Waals surface area contributed by atoms with E-state index in [1.807, 2.05) is 0 Å². The molecule has 0 saturated carbocycles. The summed E-state index contributed by atoms with van der Waals surface area (Å²) in [6.45, 7) is 5.06. The minimum atomic E-state index is -4.33. The van der Waals surface area contributed by atoms with Crippen molar-refractivity contribution in [3.63, 3.8) is 0 Å². The maximum Gasteiger partial charge on any atom is 0.423 e. The molecule has 0 N–H and O–H groups in total. The number of nitrogens with zero attached hydrogens (tertiary/aromatic N) is 1. The molecule has 0 fully saturated rings. The molecule has 0 rings (SSSR count). The zero-order chi connectivity index (χ0) is 12.6. The molecular weight excluding hydrogens is 263 g/mol. The number of rotatable bonds is 7. The van der Waals surface area contributed by atoms with Gasteiger partial charge < -0.3 is 8.86 Å². The van der Waals surface area contributed by atoms with Gasteiger partial charge in [-0.3, -0.25) is 11.9 Å². The first kappa shape index (κ1) is 15.7. The molecule has 0 amide bonds. The van der Waals surface area contributed by atoms with Gasteiger partial charge in [0.05, 0.1) is 6.61 Å². The van der Waals surface area contributed by atoms with Gasteiger partial charge >= 0.3 is 11.5 Å². The highest BCUT2D eigenvalue weighted by atomic mass is 32.2. The molecule has 0 spiro atoms. The van der Waals surface area contributed by atoms with Crippen molar-refractivity contribution in [3.05, 3.63) is 16.3 Å². The second kappa shape index (κ2) is 7.86. The smallest absolute Gasteiger partial charge is 0.423 e. The lowest BCUT2D eigenvalue weighted by Gasteiger charge is -2.20. The van der Waals surface area contributed by atoms with Gasteiger partial charge in [-0.05, 0) is 19.1 Å². The number of carbonyl (C=O) groups excluding carboxylic acids is 1. The molecule has 0 bridgehead atoms. The summed E-state index contributed by atoms with van der Waals surface area (Å²) >= 11 is 0.363. The second-order valence-electron chi connectivity index (χ2n) is 2.71. The van der Waals surface area contributed by atoms with Gasteiger partial charge in [-0.1, -0.05) is 6.58 Å². The van der Waals surface area contributed by atoms with Crippen molar-refractivity contribution >= 4 is 29.9 Å². The lowest BCUT2D eigenvalue weighted by molar-refractivity contribution is -0.138. The molecule has 0 aliphatic heterocycles. The number of hydrogen-bond acceptors (Lipinski definition) is 4. The fourth-order valence-electron chi connectivity index (χ4n) is 0.517. The Morgan fingerprint density at radius 2 is 2.12 bits per heavy atom. The normalized spacial score (nSPS) is 11.2. The Balaban J connectivity index is 3.29. The topological polar surface area (TPSA) is 40.4 Å². The van der Waals surface area contributed by atoms with E-state index in [1.165, 1.54) is 6.92 Å². The molecule has 0 saturated heterocycles. The highest BCUT2D eigenvalue weighted by molar-refractivity contribution is 8.20. The van der Waals surface area contributed by atoms with Crippen LogP contribution in [0.2, 0.25) is 0 Å². The monoisotopic (exact) mass is 274 g/mol. The average Bonchev–Trinajstić information content (AvgIpc) is 2.14. The summed E-state index contributed by atoms with van der Waals surface area (Å²) in [5, 5.41) is 0. The van der Waals surface area contributed by atoms with Crippen LogP contribution in [-0.4, -0.2) is 23.8 Å². The zero-order valence-electron chi connectivity index (χ0n) is 8.54. The van der Waals surface area contributed by atoms with E-state index < -0.39 is 23.4 Å². The Morgan fingerprint density at radius 3 is 2.62 bits per heavy atom. The maximum atomic E-state index is 11.6. The highest BCUT2D eigenvalue weighted by Gasteiger charge is 2.21. The zero-order valence-corrected chi connectivity index (χ0v) is 10.2. The van der Waals surface area contributed by atoms with Crippen LogP contribution in [0.25, 0.3) is 4.13 Å². The van der Waals surface area contributed by atoms with Gasteiger partial charge in [0.15, 0.2) is 0 Å². The summed E-state index contributed by atoms with van der Waals surface area (Å²) in [6.07, 6.45) is 0.450. The molecule has 16 heavy (non-hydrogen) atoms. The lowest BCUT2D eigenvalue weighted by Crippen LogP contribution is -2.06. The van der Waals surface area contributed by atoms with Crippen LogP contribution in [0.4, 0.5) is 13.2 Å². The number of halogens is 3. The van der Waals surface area contributed by atoms with Crippen LogP contribution in [0.3, 0.4) is 0 Å². The predicted molar refractivity (Wildman–Crippen MR) is 59.9 cm³/mol. The van der Waals surface area contributed by atoms with E-state index in [0.717, 1.165) is 11.9 Å². The van der Waals surface area contributed by atoms with Crippen LogP contribution in [0, 0.1) is 0 Å². The Labute approximate surface area is 100 Å². The standard InChI is InChI=1S/C8H11F3NO2S2/c1-6(2)7(13)14-4-3-5-15-12-16-8(9,10)11/h1,3-5H2,2H3/q-1. The summed E-state index contributed by atoms with van der Waals surface area (Å²) in [5.41, 5.74) is -4.04. The van der Waals surface area contributed by atoms with Crippen molar-refractivity contribution < 1.29 is 22.7 Å². The van der Waals surface area contributed by atoms with Crippen molar-refractivity contribution in [2.45, 2.75) is 18.9 Å². The first-order chi connectivity index (χ1) is 7.33. The first-order valence-electron chi connectivity index (χ1n) is 4.23. The SMILES string of the molecule is C=C(C)C(=O)OCCCS[N-]SC(F)(F)F. The average molecular weight is 274 g/mol. The fraction of sp³-hybridized carbons (Fsp3) is 0.625. The van der Waals surface area contributed by atoms with E-state index >= 15 is 0 Å². The molecule has 0 aliphatic rings. The highest BCUT2D eigenvalue weighted by Crippen LogP contribution is 2.38. The molecule has 0 atom stereocenters. The number of esters is 1. The van der Waals surface area contributed by atoms with Crippen molar-refractivity contribution in [1.82, 2.24) is 0 Å². The molecule has 0 radical (unpaired) electrons. The van der Waals surface area contributed by atoms with Crippen molar-refractivity contribution in [2.24, 2.45) is 0 Å². The van der Waals surface area contributed by atoms with Crippen molar-refractivity contribution in [1.29, 1.82) is 0 Å². The number of carbonyl (C=O) groups is 1. The van der Waals surface area contributed by atoms with Crippen LogP contribution < -0.4 is 0 Å². The van der Waals surface area contributed by atoms with Gasteiger partial charge in [-0.15, -0.1) is 0 Å². The fourth-order valence-corrected chi connectivity index (χ4v) is 1.61. The van der Waals surface area contributed by atoms with E-state index in [9.17, 15) is 18.0 Å². The van der Waals surface area contributed by atoms with Gasteiger partial charge in [0.1, 0.15) is 0 Å². The van der Waals surface area contributed by atoms with Crippen LogP contribution in [0.15, 0.2) is 12.2 Å². The van der Waals surface area contributed by atoms with E-state index in [2.05, 4.69) is 10.7 Å².